The van der Waals surface area contributed by atoms with Gasteiger partial charge < -0.3 is 19.0 Å². The number of carbonyl (C=O) groups excluding carboxylic acids is 2. The maximum atomic E-state index is 12.2. The van der Waals surface area contributed by atoms with Gasteiger partial charge in [0.25, 0.3) is 0 Å². The maximum Gasteiger partial charge on any atom is 0.341 e. The summed E-state index contributed by atoms with van der Waals surface area (Å²) >= 11 is 0. The summed E-state index contributed by atoms with van der Waals surface area (Å²) in [5.74, 6) is -0.633. The van der Waals surface area contributed by atoms with E-state index in [2.05, 4.69) is 0 Å². The number of furan rings is 1. The van der Waals surface area contributed by atoms with Crippen LogP contribution in [0.5, 0.6) is 0 Å². The summed E-state index contributed by atoms with van der Waals surface area (Å²) in [5.41, 5.74) is 0.602. The normalized spacial score (nSPS) is 36.5. The SMILES string of the molecule is COC(=O)c1c(C)oc2c1[C@@H](C)C=C1C(=O)O[C@H]3C[C@](C)(O)[C@H]2[C@@H]13. The van der Waals surface area contributed by atoms with E-state index in [4.69, 9.17) is 13.9 Å². The molecule has 0 radical (unpaired) electrons. The first-order valence-electron chi connectivity index (χ1n) is 8.12. The lowest BCUT2D eigenvalue weighted by Gasteiger charge is -2.27. The first kappa shape index (κ1) is 15.4. The van der Waals surface area contributed by atoms with Gasteiger partial charge in [-0.15, -0.1) is 0 Å². The van der Waals surface area contributed by atoms with Crippen LogP contribution in [0.25, 0.3) is 0 Å². The van der Waals surface area contributed by atoms with Crippen molar-refractivity contribution in [1.29, 1.82) is 0 Å². The monoisotopic (exact) mass is 332 g/mol. The molecule has 0 aromatic carbocycles. The molecular weight excluding hydrogens is 312 g/mol. The van der Waals surface area contributed by atoms with Crippen LogP contribution in [0, 0.1) is 12.8 Å². The zero-order valence-electron chi connectivity index (χ0n) is 14.1. The van der Waals surface area contributed by atoms with Crippen molar-refractivity contribution in [2.45, 2.75) is 50.7 Å². The molecule has 2 fully saturated rings. The minimum absolute atomic E-state index is 0.214. The Kier molecular flexibility index (Phi) is 3.04. The van der Waals surface area contributed by atoms with Gasteiger partial charge in [0, 0.05) is 29.4 Å². The van der Waals surface area contributed by atoms with E-state index in [1.165, 1.54) is 7.11 Å². The van der Waals surface area contributed by atoms with Crippen LogP contribution in [-0.4, -0.2) is 35.9 Å². The van der Waals surface area contributed by atoms with Gasteiger partial charge in [-0.2, -0.15) is 0 Å². The number of fused-ring (bicyclic) bond motifs is 2. The highest BCUT2D eigenvalue weighted by Crippen LogP contribution is 2.58. The van der Waals surface area contributed by atoms with Gasteiger partial charge in [0.15, 0.2) is 0 Å². The summed E-state index contributed by atoms with van der Waals surface area (Å²) in [6.07, 6.45) is 1.84. The topological polar surface area (TPSA) is 86.0 Å². The number of aliphatic hydroxyl groups is 1. The van der Waals surface area contributed by atoms with Crippen LogP contribution in [0.15, 0.2) is 16.1 Å². The quantitative estimate of drug-likeness (QED) is 0.794. The van der Waals surface area contributed by atoms with Gasteiger partial charge in [0.1, 0.15) is 23.2 Å². The Bertz CT molecular complexity index is 784. The number of ether oxygens (including phenoxy) is 2. The number of aryl methyl sites for hydroxylation is 1. The second-order valence-corrected chi connectivity index (χ2v) is 7.22. The molecule has 24 heavy (non-hydrogen) atoms. The minimum Gasteiger partial charge on any atom is -0.465 e. The van der Waals surface area contributed by atoms with E-state index in [1.54, 1.807) is 13.8 Å². The Morgan fingerprint density at radius 3 is 2.83 bits per heavy atom. The molecule has 0 unspecified atom stereocenters. The molecule has 1 saturated carbocycles. The molecule has 128 valence electrons. The van der Waals surface area contributed by atoms with E-state index < -0.39 is 17.5 Å². The largest absolute Gasteiger partial charge is 0.465 e. The van der Waals surface area contributed by atoms with Crippen LogP contribution < -0.4 is 0 Å². The number of methoxy groups -OCH3 is 1. The van der Waals surface area contributed by atoms with Crippen molar-refractivity contribution in [1.82, 2.24) is 0 Å². The third kappa shape index (κ3) is 1.80. The van der Waals surface area contributed by atoms with Gasteiger partial charge in [-0.3, -0.25) is 0 Å². The van der Waals surface area contributed by atoms with Crippen LogP contribution in [0.2, 0.25) is 0 Å². The third-order valence-corrected chi connectivity index (χ3v) is 5.60. The summed E-state index contributed by atoms with van der Waals surface area (Å²) in [7, 11) is 1.33. The van der Waals surface area contributed by atoms with Crippen molar-refractivity contribution in [2.24, 2.45) is 5.92 Å². The van der Waals surface area contributed by atoms with E-state index in [1.807, 2.05) is 13.0 Å². The van der Waals surface area contributed by atoms with Crippen LogP contribution in [0.4, 0.5) is 0 Å². The molecule has 1 aliphatic heterocycles. The van der Waals surface area contributed by atoms with Crippen LogP contribution in [-0.2, 0) is 14.3 Å². The Hall–Kier alpha value is -2.08. The summed E-state index contributed by atoms with van der Waals surface area (Å²) in [6, 6.07) is 0. The first-order chi connectivity index (χ1) is 11.3. The fourth-order valence-corrected chi connectivity index (χ4v) is 4.70. The molecule has 5 atom stereocenters. The van der Waals surface area contributed by atoms with Crippen molar-refractivity contribution in [3.8, 4) is 0 Å². The molecule has 1 aromatic rings. The smallest absolute Gasteiger partial charge is 0.341 e. The van der Waals surface area contributed by atoms with Gasteiger partial charge in [-0.1, -0.05) is 13.0 Å². The standard InChI is InChI=1S/C18H20O6/c1-7-5-9-13-10(24-16(9)19)6-18(3,21)14(13)15-11(7)12(8(2)23-15)17(20)22-4/h5,7,10,13-14,21H,6H2,1-4H3/t7-,10-,13-,14-,18-/m0/s1. The van der Waals surface area contributed by atoms with Gasteiger partial charge in [-0.25, -0.2) is 9.59 Å². The lowest BCUT2D eigenvalue weighted by molar-refractivity contribution is -0.139. The van der Waals surface area contributed by atoms with E-state index in [9.17, 15) is 14.7 Å². The Labute approximate surface area is 139 Å². The highest BCUT2D eigenvalue weighted by Gasteiger charge is 2.61. The molecule has 1 N–H and O–H groups in total. The van der Waals surface area contributed by atoms with Gasteiger partial charge in [0.2, 0.25) is 0 Å². The molecule has 0 bridgehead atoms. The maximum absolute atomic E-state index is 12.2. The second-order valence-electron chi connectivity index (χ2n) is 7.22. The highest BCUT2D eigenvalue weighted by atomic mass is 16.6. The molecule has 3 aliphatic rings. The van der Waals surface area contributed by atoms with Crippen LogP contribution in [0.1, 0.15) is 59.5 Å². The molecule has 4 rings (SSSR count). The summed E-state index contributed by atoms with van der Waals surface area (Å²) < 4.78 is 16.3. The third-order valence-electron chi connectivity index (χ3n) is 5.60. The van der Waals surface area contributed by atoms with Crippen LogP contribution >= 0.6 is 0 Å². The Balaban J connectivity index is 1.99. The zero-order valence-corrected chi connectivity index (χ0v) is 14.1. The number of hydrogen-bond donors (Lipinski definition) is 1. The Morgan fingerprint density at radius 2 is 2.17 bits per heavy atom. The molecule has 0 amide bonds. The fraction of sp³-hybridized carbons (Fsp3) is 0.556. The number of esters is 2. The van der Waals surface area contributed by atoms with Crippen molar-refractivity contribution < 1.29 is 28.6 Å². The molecule has 0 spiro atoms. The molecule has 6 nitrogen and oxygen atoms in total. The highest BCUT2D eigenvalue weighted by molar-refractivity contribution is 5.95. The lowest BCUT2D eigenvalue weighted by Crippen LogP contribution is -2.31. The van der Waals surface area contributed by atoms with E-state index >= 15 is 0 Å². The zero-order chi connectivity index (χ0) is 17.4. The molecule has 2 heterocycles. The van der Waals surface area contributed by atoms with Gasteiger partial charge in [0.05, 0.1) is 18.6 Å². The summed E-state index contributed by atoms with van der Waals surface area (Å²) in [6.45, 7) is 5.36. The molecule has 2 aliphatic carbocycles. The summed E-state index contributed by atoms with van der Waals surface area (Å²) in [4.78, 5) is 24.5. The molecule has 6 heteroatoms. The molecule has 1 saturated heterocycles. The van der Waals surface area contributed by atoms with Crippen molar-refractivity contribution in [3.05, 3.63) is 34.3 Å². The van der Waals surface area contributed by atoms with E-state index in [0.717, 1.165) is 0 Å². The number of carbonyl (C=O) groups is 2. The molecular formula is C18H20O6. The molecule has 1 aromatic heterocycles. The second kappa shape index (κ2) is 4.72. The predicted octanol–water partition coefficient (Wildman–Crippen LogP) is 2.20. The van der Waals surface area contributed by atoms with Gasteiger partial charge in [-0.05, 0) is 13.8 Å². The van der Waals surface area contributed by atoms with Crippen molar-refractivity contribution in [3.63, 3.8) is 0 Å². The van der Waals surface area contributed by atoms with Crippen molar-refractivity contribution in [2.75, 3.05) is 7.11 Å². The lowest BCUT2D eigenvalue weighted by atomic mass is 9.81. The van der Waals surface area contributed by atoms with Crippen LogP contribution in [0.3, 0.4) is 0 Å². The minimum atomic E-state index is -1.08. The predicted molar refractivity (Wildman–Crippen MR) is 82.6 cm³/mol. The summed E-state index contributed by atoms with van der Waals surface area (Å²) in [5, 5.41) is 11.0. The average molecular weight is 332 g/mol. The average Bonchev–Trinajstić information content (AvgIpc) is 3.02. The van der Waals surface area contributed by atoms with E-state index in [0.29, 0.717) is 34.6 Å². The number of rotatable bonds is 1. The number of hydrogen-bond acceptors (Lipinski definition) is 6. The Morgan fingerprint density at radius 1 is 1.46 bits per heavy atom. The first-order valence-corrected chi connectivity index (χ1v) is 8.12. The van der Waals surface area contributed by atoms with E-state index in [-0.39, 0.29) is 23.9 Å². The fourth-order valence-electron chi connectivity index (χ4n) is 4.70. The van der Waals surface area contributed by atoms with Crippen molar-refractivity contribution >= 4 is 11.9 Å². The number of allylic oxidation sites excluding steroid dienone is 1. The van der Waals surface area contributed by atoms with Gasteiger partial charge >= 0.3 is 11.9 Å².